The third-order valence-corrected chi connectivity index (χ3v) is 4.23. The molecule has 1 N–H and O–H groups in total. The predicted octanol–water partition coefficient (Wildman–Crippen LogP) is 2.94. The summed E-state index contributed by atoms with van der Waals surface area (Å²) in [6.07, 6.45) is -0.624. The summed E-state index contributed by atoms with van der Waals surface area (Å²) in [5, 5.41) is 2.88. The number of methoxy groups -OCH3 is 1. The third kappa shape index (κ3) is 4.67. The number of ether oxygens (including phenoxy) is 3. The van der Waals surface area contributed by atoms with Crippen LogP contribution >= 0.6 is 0 Å². The van der Waals surface area contributed by atoms with Gasteiger partial charge in [0.1, 0.15) is 11.5 Å². The molecule has 0 aromatic heterocycles. The molecule has 1 fully saturated rings. The number of hydrogen-bond donors (Lipinski definition) is 1. The lowest BCUT2D eigenvalue weighted by molar-refractivity contribution is -0.122. The lowest BCUT2D eigenvalue weighted by Crippen LogP contribution is -2.36. The van der Waals surface area contributed by atoms with E-state index in [-0.39, 0.29) is 5.91 Å². The van der Waals surface area contributed by atoms with E-state index in [1.807, 2.05) is 36.4 Å². The molecule has 0 spiro atoms. The maximum Gasteiger partial charge on any atom is 0.265 e. The van der Waals surface area contributed by atoms with Crippen LogP contribution < -0.4 is 19.7 Å². The van der Waals surface area contributed by atoms with Crippen molar-refractivity contribution in [2.45, 2.75) is 13.0 Å². The molecule has 1 aliphatic heterocycles. The lowest BCUT2D eigenvalue weighted by Gasteiger charge is -2.29. The zero-order valence-corrected chi connectivity index (χ0v) is 15.1. The van der Waals surface area contributed by atoms with Gasteiger partial charge in [0.2, 0.25) is 0 Å². The fourth-order valence-electron chi connectivity index (χ4n) is 2.75. The van der Waals surface area contributed by atoms with Gasteiger partial charge in [-0.2, -0.15) is 0 Å². The van der Waals surface area contributed by atoms with Crippen LogP contribution in [-0.2, 0) is 9.53 Å². The number of hydrogen-bond acceptors (Lipinski definition) is 5. The number of nitrogens with zero attached hydrogens (tertiary/aromatic N) is 1. The molecule has 0 aliphatic carbocycles. The number of rotatable bonds is 6. The van der Waals surface area contributed by atoms with Crippen LogP contribution in [0.5, 0.6) is 11.5 Å². The number of morpholine rings is 1. The topological polar surface area (TPSA) is 60.0 Å². The summed E-state index contributed by atoms with van der Waals surface area (Å²) in [7, 11) is 1.59. The van der Waals surface area contributed by atoms with E-state index in [4.69, 9.17) is 14.2 Å². The Bertz CT molecular complexity index is 727. The summed E-state index contributed by atoms with van der Waals surface area (Å²) in [4.78, 5) is 14.6. The van der Waals surface area contributed by atoms with E-state index in [0.717, 1.165) is 37.7 Å². The molecule has 1 saturated heterocycles. The molecule has 1 atom stereocenters. The molecule has 2 aromatic carbocycles. The minimum absolute atomic E-state index is 0.202. The average molecular weight is 356 g/mol. The number of carbonyl (C=O) groups excluding carboxylic acids is 1. The standard InChI is InChI=1S/C20H24N2O4/c1-15(26-19-5-3-4-18(14-19)24-2)20(23)21-16-6-8-17(9-7-16)22-10-12-25-13-11-22/h3-9,14-15H,10-13H2,1-2H3,(H,21,23)/t15-/m1/s1. The van der Waals surface area contributed by atoms with Crippen molar-refractivity contribution in [3.05, 3.63) is 48.5 Å². The van der Waals surface area contributed by atoms with Crippen molar-refractivity contribution in [3.8, 4) is 11.5 Å². The Kier molecular flexibility index (Phi) is 5.96. The smallest absolute Gasteiger partial charge is 0.265 e. The summed E-state index contributed by atoms with van der Waals surface area (Å²) in [6.45, 7) is 4.99. The van der Waals surface area contributed by atoms with Crippen LogP contribution in [0.15, 0.2) is 48.5 Å². The van der Waals surface area contributed by atoms with Gasteiger partial charge in [-0.15, -0.1) is 0 Å². The first-order valence-corrected chi connectivity index (χ1v) is 8.70. The zero-order chi connectivity index (χ0) is 18.4. The summed E-state index contributed by atoms with van der Waals surface area (Å²) in [5.74, 6) is 1.08. The number of carbonyl (C=O) groups is 1. The van der Waals surface area contributed by atoms with Crippen LogP contribution in [0.2, 0.25) is 0 Å². The Labute approximate surface area is 153 Å². The van der Waals surface area contributed by atoms with Gasteiger partial charge < -0.3 is 24.4 Å². The highest BCUT2D eigenvalue weighted by Gasteiger charge is 2.16. The fraction of sp³-hybridized carbons (Fsp3) is 0.350. The Balaban J connectivity index is 1.56. The number of nitrogens with one attached hydrogen (secondary N) is 1. The van der Waals surface area contributed by atoms with Crippen molar-refractivity contribution in [2.75, 3.05) is 43.6 Å². The summed E-state index contributed by atoms with van der Waals surface area (Å²) >= 11 is 0. The third-order valence-electron chi connectivity index (χ3n) is 4.23. The molecule has 26 heavy (non-hydrogen) atoms. The van der Waals surface area contributed by atoms with E-state index < -0.39 is 6.10 Å². The van der Waals surface area contributed by atoms with Crippen LogP contribution in [0.4, 0.5) is 11.4 Å². The second-order valence-electron chi connectivity index (χ2n) is 6.07. The van der Waals surface area contributed by atoms with Crippen LogP contribution in [-0.4, -0.2) is 45.4 Å². The molecule has 3 rings (SSSR count). The van der Waals surface area contributed by atoms with Crippen molar-refractivity contribution in [3.63, 3.8) is 0 Å². The van der Waals surface area contributed by atoms with Crippen LogP contribution in [0.3, 0.4) is 0 Å². The molecule has 1 heterocycles. The van der Waals surface area contributed by atoms with E-state index >= 15 is 0 Å². The van der Waals surface area contributed by atoms with Gasteiger partial charge in [0, 0.05) is 30.5 Å². The van der Waals surface area contributed by atoms with Gasteiger partial charge >= 0.3 is 0 Å². The zero-order valence-electron chi connectivity index (χ0n) is 15.1. The van der Waals surface area contributed by atoms with Gasteiger partial charge in [-0.3, -0.25) is 4.79 Å². The van der Waals surface area contributed by atoms with Crippen molar-refractivity contribution in [1.82, 2.24) is 0 Å². The second kappa shape index (κ2) is 8.58. The van der Waals surface area contributed by atoms with E-state index in [1.54, 1.807) is 26.2 Å². The molecule has 1 aliphatic rings. The first-order valence-electron chi connectivity index (χ1n) is 8.70. The molecule has 0 radical (unpaired) electrons. The molecule has 1 amide bonds. The quantitative estimate of drug-likeness (QED) is 0.862. The number of amides is 1. The van der Waals surface area contributed by atoms with Gasteiger partial charge in [0.05, 0.1) is 20.3 Å². The molecule has 2 aromatic rings. The minimum Gasteiger partial charge on any atom is -0.497 e. The molecule has 6 nitrogen and oxygen atoms in total. The van der Waals surface area contributed by atoms with E-state index in [0.29, 0.717) is 11.5 Å². The molecule has 0 bridgehead atoms. The average Bonchev–Trinajstić information content (AvgIpc) is 2.69. The Hall–Kier alpha value is -2.73. The van der Waals surface area contributed by atoms with E-state index in [9.17, 15) is 4.79 Å². The Morgan fingerprint density at radius 1 is 1.12 bits per heavy atom. The second-order valence-corrected chi connectivity index (χ2v) is 6.07. The maximum atomic E-state index is 12.4. The highest BCUT2D eigenvalue weighted by molar-refractivity contribution is 5.94. The molecule has 138 valence electrons. The molecular formula is C20H24N2O4. The van der Waals surface area contributed by atoms with Gasteiger partial charge in [-0.1, -0.05) is 6.07 Å². The predicted molar refractivity (Wildman–Crippen MR) is 101 cm³/mol. The summed E-state index contributed by atoms with van der Waals surface area (Å²) in [5.41, 5.74) is 1.88. The summed E-state index contributed by atoms with van der Waals surface area (Å²) < 4.78 is 16.2. The maximum absolute atomic E-state index is 12.4. The highest BCUT2D eigenvalue weighted by Crippen LogP contribution is 2.21. The van der Waals surface area contributed by atoms with Crippen LogP contribution in [0.25, 0.3) is 0 Å². The first-order chi connectivity index (χ1) is 12.7. The highest BCUT2D eigenvalue weighted by atomic mass is 16.5. The summed E-state index contributed by atoms with van der Waals surface area (Å²) in [6, 6.07) is 15.0. The number of anilines is 2. The van der Waals surface area contributed by atoms with Gasteiger partial charge in [0.15, 0.2) is 6.10 Å². The van der Waals surface area contributed by atoms with E-state index in [1.165, 1.54) is 0 Å². The normalized spacial score (nSPS) is 15.2. The Morgan fingerprint density at radius 3 is 2.50 bits per heavy atom. The fourth-order valence-corrected chi connectivity index (χ4v) is 2.75. The van der Waals surface area contributed by atoms with Crippen molar-refractivity contribution >= 4 is 17.3 Å². The van der Waals surface area contributed by atoms with Crippen molar-refractivity contribution < 1.29 is 19.0 Å². The lowest BCUT2D eigenvalue weighted by atomic mass is 10.2. The minimum atomic E-state index is -0.624. The monoisotopic (exact) mass is 356 g/mol. The SMILES string of the molecule is COc1cccc(O[C@H](C)C(=O)Nc2ccc(N3CCOCC3)cc2)c1. The van der Waals surface area contributed by atoms with Crippen molar-refractivity contribution in [1.29, 1.82) is 0 Å². The number of benzene rings is 2. The first kappa shape index (κ1) is 18.1. The van der Waals surface area contributed by atoms with Gasteiger partial charge in [-0.25, -0.2) is 0 Å². The van der Waals surface area contributed by atoms with Crippen LogP contribution in [0, 0.1) is 0 Å². The molecule has 0 saturated carbocycles. The van der Waals surface area contributed by atoms with Gasteiger partial charge in [0.25, 0.3) is 5.91 Å². The van der Waals surface area contributed by atoms with E-state index in [2.05, 4.69) is 10.2 Å². The van der Waals surface area contributed by atoms with Gasteiger partial charge in [-0.05, 0) is 43.3 Å². The molecule has 6 heteroatoms. The Morgan fingerprint density at radius 2 is 1.81 bits per heavy atom. The van der Waals surface area contributed by atoms with Crippen molar-refractivity contribution in [2.24, 2.45) is 0 Å². The molecular weight excluding hydrogens is 332 g/mol. The molecule has 0 unspecified atom stereocenters. The largest absolute Gasteiger partial charge is 0.497 e. The van der Waals surface area contributed by atoms with Crippen LogP contribution in [0.1, 0.15) is 6.92 Å².